The summed E-state index contributed by atoms with van der Waals surface area (Å²) in [6.07, 6.45) is 9.67. The molecule has 0 radical (unpaired) electrons. The number of nitrogens with two attached hydrogens (primary N) is 2. The molecule has 2 aliphatic heterocycles. The summed E-state index contributed by atoms with van der Waals surface area (Å²) in [5.41, 5.74) is 20.9. The Morgan fingerprint density at radius 3 is 1.27 bits per heavy atom. The van der Waals surface area contributed by atoms with Gasteiger partial charge in [0.1, 0.15) is 29.4 Å². The van der Waals surface area contributed by atoms with Crippen molar-refractivity contribution < 1.29 is 177 Å². The number of hydrogen-bond acceptors (Lipinski definition) is 25. The molecule has 7 aromatic heterocycles. The van der Waals surface area contributed by atoms with Gasteiger partial charge in [0.2, 0.25) is 23.3 Å². The second kappa shape index (κ2) is 51.9. The summed E-state index contributed by atoms with van der Waals surface area (Å²) in [4.78, 5) is 114. The number of nitrogen functional groups attached to an aromatic ring is 1. The van der Waals surface area contributed by atoms with Gasteiger partial charge >= 0.3 is 118 Å². The monoisotopic (exact) mass is 2090 g/mol. The molecule has 44 heteroatoms. The fourth-order valence-corrected chi connectivity index (χ4v) is 15.2. The predicted molar refractivity (Wildman–Crippen MR) is 480 cm³/mol. The third-order valence-corrected chi connectivity index (χ3v) is 22.0. The average Bonchev–Trinajstić information content (AvgIpc) is 1.28. The van der Waals surface area contributed by atoms with E-state index in [9.17, 15) is 59.9 Å². The van der Waals surface area contributed by atoms with Crippen molar-refractivity contribution in [2.24, 2.45) is 16.6 Å². The smallest absolute Gasteiger partial charge is 1.00 e. The normalized spacial score (nSPS) is 14.1. The fraction of sp³-hybridized carbons (Fsp3) is 0.376. The molecule has 1 atom stereocenters. The van der Waals surface area contributed by atoms with Crippen LogP contribution in [0.25, 0.3) is 17.3 Å². The molecule has 15 rings (SSSR count). The van der Waals surface area contributed by atoms with Gasteiger partial charge in [0, 0.05) is 92.9 Å². The first-order chi connectivity index (χ1) is 58.9. The SMILES string of the molecule is C.CCC(=O)C(Br)C(=O)OC.CCC(=O)CC(=O)OC.CCc1nc2ncc(Cl)cn2c1C(=O)NCc1ccc(C2CC3(C2)CN(c2ccc(OC(F)(F)F)cc2)C3)cc1.CCc1nc2ncc(Cl)cn2c1C(=O)O.CCc1nc2ncc(Cl)cn2c1C(=O)OC.I.NCc1ccc(C2CC3(C2)CN(c2ccc(OC(F)(F)F)cc2)C3)cc1.Nc1ncc(Cl)cn1.[H-].[K+].[Na+].[OH-]. The molecule has 4 aliphatic rings. The van der Waals surface area contributed by atoms with Crippen LogP contribution >= 0.6 is 86.3 Å². The first-order valence-electron chi connectivity index (χ1n) is 38.7. The van der Waals surface area contributed by atoms with E-state index in [2.05, 4.69) is 126 Å². The number of nitrogens with one attached hydrogen (secondary N) is 1. The molecule has 686 valence electrons. The number of anilines is 3. The van der Waals surface area contributed by atoms with E-state index in [4.69, 9.17) is 67.7 Å². The number of imidazole rings is 3. The van der Waals surface area contributed by atoms with Crippen molar-refractivity contribution in [3.05, 3.63) is 223 Å². The molecule has 129 heavy (non-hydrogen) atoms. The predicted octanol–water partition coefficient (Wildman–Crippen LogP) is 11.3. The molecule has 7 N–H and O–H groups in total. The van der Waals surface area contributed by atoms with Crippen molar-refractivity contribution in [3.8, 4) is 11.5 Å². The van der Waals surface area contributed by atoms with Crippen LogP contribution in [0.15, 0.2) is 147 Å². The van der Waals surface area contributed by atoms with E-state index in [1.54, 1.807) is 59.3 Å². The van der Waals surface area contributed by atoms with Crippen LogP contribution < -0.4 is 117 Å². The number of nitrogens with zero attached hydrogens (tertiary/aromatic N) is 13. The molecule has 30 nitrogen and oxygen atoms in total. The summed E-state index contributed by atoms with van der Waals surface area (Å²) in [7, 11) is 3.85. The number of benzene rings is 4. The Morgan fingerprint density at radius 2 is 0.930 bits per heavy atom. The van der Waals surface area contributed by atoms with Crippen molar-refractivity contribution in [2.75, 3.05) is 63.0 Å². The summed E-state index contributed by atoms with van der Waals surface area (Å²) in [6, 6.07) is 29.1. The minimum absolute atomic E-state index is 0. The molecule has 4 aromatic carbocycles. The number of aromatic nitrogens is 11. The standard InChI is InChI=1S/C29H27ClF3N5O2.C20H21F3N2O.C10H10ClN3O2.C9H8ClN3O2.C6H9BrO3.C6H10O3.C4H4ClN3.CH4.HI.K.Na.H2O.H/c1-2-24-25(38-15-21(30)14-35-27(38)36-24)26(39)34-13-18-3-5-19(6-4-18)20-11-28(12-20)16-37(17-28)22-7-9-23(10-8-22)40-29(31,32)33;21-20(22,23)26-18-7-5-17(6-8-18)25-12-19(13-25)9-16(10-19)15-3-1-14(11-24)2-4-15;1-3-7-8(9(15)16-2)14-5-6(11)4-12-10(14)13-7;1-2-6-7(8(14)15)13-4-5(10)3-11-9(13)12-6;1-3-4(8)5(7)6(9)10-2;1-3-5(7)4-6(8)9-2;5-3-1-7-4(6)8-2-3;;;;;;/h3-10,14-15,20H,2,11-13,16-17H2,1H3,(H,34,39);1-8,16H,9-13,24H2;4-5H,3H2,1-2H3;3-4H,2H2,1H3,(H,14,15);5H,3H2,1-2H3;3-4H2,1-2H3;1-2H,(H2,6,7,8);1H4;1H;;;1H2;/q;;;;;;;;;2*+1;;-1/p-1. The zero-order valence-electron chi connectivity index (χ0n) is 72.2. The maximum Gasteiger partial charge on any atom is 1.00 e. The molecule has 1 amide bonds. The molecule has 9 heterocycles. The number of aryl methyl sites for hydroxylation is 3. The minimum atomic E-state index is -4.68. The summed E-state index contributed by atoms with van der Waals surface area (Å²) < 4.78 is 99.5. The summed E-state index contributed by atoms with van der Waals surface area (Å²) in [6.45, 7) is 13.8. The number of fused-ring (bicyclic) bond motifs is 3. The number of rotatable bonds is 21. The Kier molecular flexibility index (Phi) is 45.6. The molecule has 11 aromatic rings. The zero-order chi connectivity index (χ0) is 90.5. The second-order valence-electron chi connectivity index (χ2n) is 28.9. The van der Waals surface area contributed by atoms with Crippen LogP contribution in [-0.2, 0) is 65.7 Å². The van der Waals surface area contributed by atoms with E-state index in [1.807, 2.05) is 32.9 Å². The number of hydrogen-bond donors (Lipinski definition) is 4. The number of carboxylic acids is 1. The van der Waals surface area contributed by atoms with Gasteiger partial charge in [-0.3, -0.25) is 37.2 Å². The van der Waals surface area contributed by atoms with E-state index < -0.39 is 41.4 Å². The van der Waals surface area contributed by atoms with Crippen LogP contribution in [0.1, 0.15) is 171 Å². The van der Waals surface area contributed by atoms with Crippen molar-refractivity contribution in [1.29, 1.82) is 0 Å². The summed E-state index contributed by atoms with van der Waals surface area (Å²) >= 11 is 26.0. The quantitative estimate of drug-likeness (QED) is 0.00987. The molecular weight excluding hydrogens is 1990 g/mol. The van der Waals surface area contributed by atoms with E-state index in [0.717, 1.165) is 61.5 Å². The van der Waals surface area contributed by atoms with Gasteiger partial charge < -0.3 is 62.3 Å². The van der Waals surface area contributed by atoms with Gasteiger partial charge in [0.05, 0.1) is 89.5 Å². The van der Waals surface area contributed by atoms with Crippen molar-refractivity contribution in [3.63, 3.8) is 0 Å². The molecule has 2 spiro atoms. The number of amides is 1. The number of aromatic carboxylic acids is 1. The first kappa shape index (κ1) is 113. The van der Waals surface area contributed by atoms with Gasteiger partial charge in [-0.1, -0.05) is 153 Å². The zero-order valence-corrected chi connectivity index (χ0v) is 83.3. The van der Waals surface area contributed by atoms with E-state index in [-0.39, 0.29) is 172 Å². The molecule has 0 bridgehead atoms. The Labute approximate surface area is 851 Å². The number of ether oxygens (including phenoxy) is 5. The minimum Gasteiger partial charge on any atom is -1.00 e. The fourth-order valence-electron chi connectivity index (χ4n) is 14.1. The number of carboxylic acid groups (broad SMARTS) is 1. The number of esters is 3. The average molecular weight is 2090 g/mol. The van der Waals surface area contributed by atoms with Gasteiger partial charge in [-0.05, 0) is 128 Å². The number of methoxy groups -OCH3 is 3. The first-order valence-corrected chi connectivity index (χ1v) is 41.1. The number of carbonyl (C=O) groups is 7. The van der Waals surface area contributed by atoms with Crippen LogP contribution in [0.2, 0.25) is 20.1 Å². The number of halogens is 12. The van der Waals surface area contributed by atoms with Crippen molar-refractivity contribution in [2.45, 2.75) is 149 Å². The maximum absolute atomic E-state index is 13.0. The number of Topliss-reactive ketones (excluding diaryl/α,β-unsaturated/α-hetero) is 2. The molecule has 2 saturated heterocycles. The molecule has 2 saturated carbocycles. The Balaban J connectivity index is 0.000000420. The number of alkyl halides is 7. The van der Waals surface area contributed by atoms with E-state index in [0.29, 0.717) is 128 Å². The van der Waals surface area contributed by atoms with E-state index >= 15 is 0 Å². The van der Waals surface area contributed by atoms with Crippen LogP contribution in [0, 0.1) is 10.8 Å². The van der Waals surface area contributed by atoms with Crippen LogP contribution in [-0.4, -0.2) is 170 Å². The van der Waals surface area contributed by atoms with Gasteiger partial charge in [-0.15, -0.1) is 50.3 Å². The molecule has 1 unspecified atom stereocenters. The molecule has 2 aliphatic carbocycles. The van der Waals surface area contributed by atoms with Crippen molar-refractivity contribution in [1.82, 2.24) is 58.4 Å². The third-order valence-electron chi connectivity index (χ3n) is 20.3. The topological polar surface area (TPSA) is 403 Å². The van der Waals surface area contributed by atoms with Crippen molar-refractivity contribution >= 4 is 162 Å². The van der Waals surface area contributed by atoms with Crippen LogP contribution in [0.3, 0.4) is 0 Å². The van der Waals surface area contributed by atoms with Gasteiger partial charge in [0.15, 0.2) is 22.0 Å². The second-order valence-corrected chi connectivity index (χ2v) is 31.6. The third kappa shape index (κ3) is 31.6. The van der Waals surface area contributed by atoms with Crippen LogP contribution in [0.4, 0.5) is 43.7 Å². The Hall–Kier alpha value is -7.98. The largest absolute Gasteiger partial charge is 1.00 e. The summed E-state index contributed by atoms with van der Waals surface area (Å²) in [5, 5.41) is 13.8. The van der Waals surface area contributed by atoms with Gasteiger partial charge in [-0.2, -0.15) is 0 Å². The Morgan fingerprint density at radius 1 is 0.558 bits per heavy atom. The summed E-state index contributed by atoms with van der Waals surface area (Å²) in [5.74, 6) is -0.735. The Bertz CT molecular complexity index is 5500. The van der Waals surface area contributed by atoms with Gasteiger partial charge in [0.25, 0.3) is 5.91 Å². The van der Waals surface area contributed by atoms with Gasteiger partial charge in [-0.25, -0.2) is 49.5 Å². The molecule has 4 fully saturated rings. The number of ketones is 2. The molecular formula is C85H96BrCl4F6IKN16NaO14. The van der Waals surface area contributed by atoms with E-state index in [1.165, 1.54) is 111 Å². The number of carbonyl (C=O) groups excluding carboxylic acids is 6. The maximum atomic E-state index is 13.0. The van der Waals surface area contributed by atoms with Crippen LogP contribution in [0.5, 0.6) is 11.5 Å².